The number of benzene rings is 3. The third-order valence-electron chi connectivity index (χ3n) is 5.00. The van der Waals surface area contributed by atoms with Gasteiger partial charge < -0.3 is 5.32 Å². The zero-order valence-electron chi connectivity index (χ0n) is 17.3. The fraction of sp³-hybridized carbons (Fsp3) is 0.208. The lowest BCUT2D eigenvalue weighted by Gasteiger charge is -2.14. The molecule has 0 unspecified atom stereocenters. The first-order chi connectivity index (χ1) is 14.3. The van der Waals surface area contributed by atoms with Crippen LogP contribution in [0, 0.1) is 13.8 Å². The van der Waals surface area contributed by atoms with Crippen LogP contribution in [0.25, 0.3) is 0 Å². The second-order valence-electron chi connectivity index (χ2n) is 7.47. The van der Waals surface area contributed by atoms with Crippen LogP contribution in [0.15, 0.2) is 77.7 Å². The molecule has 3 aromatic carbocycles. The Labute approximate surface area is 178 Å². The lowest BCUT2D eigenvalue weighted by Crippen LogP contribution is -2.27. The van der Waals surface area contributed by atoms with Gasteiger partial charge in [-0.05, 0) is 61.2 Å². The summed E-state index contributed by atoms with van der Waals surface area (Å²) < 4.78 is 27.8. The summed E-state index contributed by atoms with van der Waals surface area (Å²) in [5, 5.41) is 2.95. The van der Waals surface area contributed by atoms with Gasteiger partial charge in [0.2, 0.25) is 0 Å². The molecule has 1 atom stereocenters. The van der Waals surface area contributed by atoms with E-state index in [4.69, 9.17) is 0 Å². The van der Waals surface area contributed by atoms with Crippen LogP contribution >= 0.6 is 0 Å². The minimum atomic E-state index is -3.69. The van der Waals surface area contributed by atoms with E-state index in [9.17, 15) is 13.2 Å². The van der Waals surface area contributed by atoms with Gasteiger partial charge in [0, 0.05) is 12.1 Å². The minimum Gasteiger partial charge on any atom is -0.351 e. The molecule has 0 bridgehead atoms. The maximum atomic E-state index is 12.6. The molecular weight excluding hydrogens is 396 g/mol. The number of nitrogens with one attached hydrogen (secondary N) is 2. The van der Waals surface area contributed by atoms with Crippen molar-refractivity contribution in [3.8, 4) is 0 Å². The Bertz CT molecular complexity index is 1120. The van der Waals surface area contributed by atoms with E-state index in [1.54, 1.807) is 49.4 Å². The normalized spacial score (nSPS) is 12.2. The van der Waals surface area contributed by atoms with Crippen LogP contribution in [-0.4, -0.2) is 20.9 Å². The quantitative estimate of drug-likeness (QED) is 0.583. The summed E-state index contributed by atoms with van der Waals surface area (Å²) in [5.74, 6) is 0.00524. The predicted octanol–water partition coefficient (Wildman–Crippen LogP) is 4.64. The Morgan fingerprint density at radius 3 is 2.23 bits per heavy atom. The molecule has 0 fully saturated rings. The molecule has 3 aromatic rings. The molecule has 0 aliphatic carbocycles. The first-order valence-electron chi connectivity index (χ1n) is 9.79. The van der Waals surface area contributed by atoms with E-state index in [1.807, 2.05) is 37.3 Å². The van der Waals surface area contributed by atoms with Gasteiger partial charge >= 0.3 is 0 Å². The number of hydrogen-bond acceptors (Lipinski definition) is 3. The number of carbonyl (C=O) groups is 1. The van der Waals surface area contributed by atoms with Crippen LogP contribution in [-0.2, 0) is 10.0 Å². The van der Waals surface area contributed by atoms with E-state index in [2.05, 4.69) is 17.0 Å². The molecule has 156 valence electrons. The Morgan fingerprint density at radius 1 is 0.933 bits per heavy atom. The lowest BCUT2D eigenvalue weighted by molar-refractivity contribution is 0.0951. The van der Waals surface area contributed by atoms with Gasteiger partial charge in [-0.15, -0.1) is 0 Å². The van der Waals surface area contributed by atoms with Crippen molar-refractivity contribution in [1.29, 1.82) is 0 Å². The molecule has 1 amide bonds. The number of amides is 1. The maximum absolute atomic E-state index is 12.6. The van der Waals surface area contributed by atoms with Crippen molar-refractivity contribution in [3.63, 3.8) is 0 Å². The first kappa shape index (κ1) is 21.6. The van der Waals surface area contributed by atoms with Crippen LogP contribution < -0.4 is 10.0 Å². The van der Waals surface area contributed by atoms with Crippen molar-refractivity contribution in [2.24, 2.45) is 0 Å². The largest absolute Gasteiger partial charge is 0.351 e. The van der Waals surface area contributed by atoms with Crippen molar-refractivity contribution in [3.05, 3.63) is 95.1 Å². The molecule has 0 spiro atoms. The van der Waals surface area contributed by atoms with Crippen LogP contribution in [0.2, 0.25) is 0 Å². The van der Waals surface area contributed by atoms with Gasteiger partial charge in [-0.1, -0.05) is 55.0 Å². The zero-order chi connectivity index (χ0) is 21.7. The third kappa shape index (κ3) is 5.27. The van der Waals surface area contributed by atoms with Gasteiger partial charge in [0.25, 0.3) is 15.9 Å². The SMILES string of the molecule is Cc1ccc(S(=O)(=O)Nc2ccc(C(=O)NC[C@@H](C)c3ccccc3)cc2C)cc1. The van der Waals surface area contributed by atoms with Crippen molar-refractivity contribution in [2.75, 3.05) is 11.3 Å². The number of anilines is 1. The predicted molar refractivity (Wildman–Crippen MR) is 120 cm³/mol. The Morgan fingerprint density at radius 2 is 1.60 bits per heavy atom. The summed E-state index contributed by atoms with van der Waals surface area (Å²) in [7, 11) is -3.69. The molecule has 0 aliphatic heterocycles. The van der Waals surface area contributed by atoms with E-state index in [1.165, 1.54) is 0 Å². The van der Waals surface area contributed by atoms with Crippen LogP contribution in [0.1, 0.15) is 39.9 Å². The highest BCUT2D eigenvalue weighted by atomic mass is 32.2. The standard InChI is InChI=1S/C24H26N2O3S/c1-17-9-12-22(13-10-17)30(28,29)26-23-14-11-21(15-18(23)2)24(27)25-16-19(3)20-7-5-4-6-8-20/h4-15,19,26H,16H2,1-3H3,(H,25,27)/t19-/m1/s1. The molecule has 6 heteroatoms. The molecule has 0 aliphatic rings. The van der Waals surface area contributed by atoms with Gasteiger partial charge in [0.1, 0.15) is 0 Å². The van der Waals surface area contributed by atoms with Gasteiger partial charge in [0.05, 0.1) is 10.6 Å². The number of hydrogen-bond donors (Lipinski definition) is 2. The number of aryl methyl sites for hydroxylation is 2. The summed E-state index contributed by atoms with van der Waals surface area (Å²) in [6.45, 7) is 6.25. The van der Waals surface area contributed by atoms with Crippen molar-refractivity contribution < 1.29 is 13.2 Å². The molecular formula is C24H26N2O3S. The number of carbonyl (C=O) groups excluding carboxylic acids is 1. The molecule has 3 rings (SSSR count). The van der Waals surface area contributed by atoms with Gasteiger partial charge in [0.15, 0.2) is 0 Å². The molecule has 0 saturated heterocycles. The first-order valence-corrected chi connectivity index (χ1v) is 11.3. The third-order valence-corrected chi connectivity index (χ3v) is 6.38. The Hall–Kier alpha value is -3.12. The second kappa shape index (κ2) is 9.13. The Kier molecular flexibility index (Phi) is 6.57. The van der Waals surface area contributed by atoms with Gasteiger partial charge in [-0.2, -0.15) is 0 Å². The average Bonchev–Trinajstić information content (AvgIpc) is 2.74. The van der Waals surface area contributed by atoms with Gasteiger partial charge in [-0.3, -0.25) is 9.52 Å². The van der Waals surface area contributed by atoms with Gasteiger partial charge in [-0.25, -0.2) is 8.42 Å². The average molecular weight is 423 g/mol. The molecule has 30 heavy (non-hydrogen) atoms. The van der Waals surface area contributed by atoms with Crippen molar-refractivity contribution in [1.82, 2.24) is 5.32 Å². The molecule has 0 radical (unpaired) electrons. The molecule has 5 nitrogen and oxygen atoms in total. The second-order valence-corrected chi connectivity index (χ2v) is 9.15. The number of rotatable bonds is 7. The topological polar surface area (TPSA) is 75.3 Å². The monoisotopic (exact) mass is 422 g/mol. The Balaban J connectivity index is 1.67. The fourth-order valence-electron chi connectivity index (χ4n) is 3.09. The molecule has 2 N–H and O–H groups in total. The van der Waals surface area contributed by atoms with E-state index < -0.39 is 10.0 Å². The summed E-state index contributed by atoms with van der Waals surface area (Å²) in [6.07, 6.45) is 0. The smallest absolute Gasteiger partial charge is 0.261 e. The van der Waals surface area contributed by atoms with E-state index in [0.717, 1.165) is 11.1 Å². The van der Waals surface area contributed by atoms with E-state index >= 15 is 0 Å². The summed E-state index contributed by atoms with van der Waals surface area (Å²) in [6, 6.07) is 21.6. The van der Waals surface area contributed by atoms with Crippen LogP contribution in [0.5, 0.6) is 0 Å². The van der Waals surface area contributed by atoms with Crippen LogP contribution in [0.4, 0.5) is 5.69 Å². The molecule has 0 heterocycles. The zero-order valence-corrected chi connectivity index (χ0v) is 18.2. The minimum absolute atomic E-state index is 0.186. The van der Waals surface area contributed by atoms with E-state index in [0.29, 0.717) is 23.4 Å². The van der Waals surface area contributed by atoms with Crippen LogP contribution in [0.3, 0.4) is 0 Å². The highest BCUT2D eigenvalue weighted by Gasteiger charge is 2.16. The lowest BCUT2D eigenvalue weighted by atomic mass is 10.0. The summed E-state index contributed by atoms with van der Waals surface area (Å²) in [5.41, 5.74) is 3.77. The summed E-state index contributed by atoms with van der Waals surface area (Å²) >= 11 is 0. The van der Waals surface area contributed by atoms with Crippen molar-refractivity contribution in [2.45, 2.75) is 31.6 Å². The van der Waals surface area contributed by atoms with E-state index in [-0.39, 0.29) is 16.7 Å². The highest BCUT2D eigenvalue weighted by Crippen LogP contribution is 2.21. The maximum Gasteiger partial charge on any atom is 0.261 e. The highest BCUT2D eigenvalue weighted by molar-refractivity contribution is 7.92. The fourth-order valence-corrected chi connectivity index (χ4v) is 4.22. The van der Waals surface area contributed by atoms with Crippen molar-refractivity contribution >= 4 is 21.6 Å². The molecule has 0 aromatic heterocycles. The summed E-state index contributed by atoms with van der Waals surface area (Å²) in [4.78, 5) is 12.7. The number of sulfonamides is 1. The molecule has 0 saturated carbocycles.